The Morgan fingerprint density at radius 1 is 1.21 bits per heavy atom. The molecule has 0 spiro atoms. The van der Waals surface area contributed by atoms with Gasteiger partial charge in [-0.25, -0.2) is 9.37 Å². The predicted molar refractivity (Wildman–Crippen MR) is 145 cm³/mol. The Morgan fingerprint density at radius 3 is 2.62 bits per heavy atom. The molecule has 1 aromatic carbocycles. The molecule has 39 heavy (non-hydrogen) atoms. The molecular weight excluding hydrogens is 512 g/mol. The van der Waals surface area contributed by atoms with Crippen LogP contribution in [0.1, 0.15) is 42.1 Å². The average molecular weight is 545 g/mol. The first-order valence-corrected chi connectivity index (χ1v) is 12.6. The van der Waals surface area contributed by atoms with Crippen molar-refractivity contribution in [1.82, 2.24) is 25.0 Å². The number of allylic oxidation sites excluding steroid dienone is 1. The van der Waals surface area contributed by atoms with Crippen molar-refractivity contribution in [3.8, 4) is 0 Å². The van der Waals surface area contributed by atoms with Gasteiger partial charge in [-0.3, -0.25) is 14.4 Å². The molecule has 3 heterocycles. The van der Waals surface area contributed by atoms with Gasteiger partial charge in [-0.05, 0) is 51.6 Å². The molecule has 0 bridgehead atoms. The number of fused-ring (bicyclic) bond motifs is 1. The van der Waals surface area contributed by atoms with E-state index < -0.39 is 24.0 Å². The first-order valence-electron chi connectivity index (χ1n) is 12.6. The molecule has 11 heteroatoms. The molecule has 208 valence electrons. The van der Waals surface area contributed by atoms with Gasteiger partial charge in [0.15, 0.2) is 0 Å². The molecule has 1 saturated heterocycles. The second kappa shape index (κ2) is 11.2. The van der Waals surface area contributed by atoms with Gasteiger partial charge in [0, 0.05) is 48.3 Å². The summed E-state index contributed by atoms with van der Waals surface area (Å²) in [5, 5.41) is 10.7. The first-order chi connectivity index (χ1) is 18.4. The number of anilines is 1. The Labute approximate surface area is 224 Å². The van der Waals surface area contributed by atoms with Crippen molar-refractivity contribution < 1.29 is 22.4 Å². The topological polar surface area (TPSA) is 75.1 Å². The third-order valence-corrected chi connectivity index (χ3v) is 7.26. The molecule has 1 fully saturated rings. The lowest BCUT2D eigenvalue weighted by atomic mass is 9.91. The van der Waals surface area contributed by atoms with E-state index in [1.165, 1.54) is 10.8 Å². The number of carbonyl (C=O) groups excluding carboxylic acids is 1. The van der Waals surface area contributed by atoms with Crippen LogP contribution >= 0.6 is 0 Å². The normalized spacial score (nSPS) is 22.4. The SMILES string of the molecule is C=C(c1nc(/C=C/CNC(=O)c2ccn(C)n2)cc2c(N[C@@H]3CC(C)N(C)C(C)[C@@H]3F)cccc12)C(F)(F)F. The summed E-state index contributed by atoms with van der Waals surface area (Å²) in [5.74, 6) is -0.383. The van der Waals surface area contributed by atoms with E-state index in [9.17, 15) is 18.0 Å². The highest BCUT2D eigenvalue weighted by atomic mass is 19.4. The molecule has 2 N–H and O–H groups in total. The number of nitrogens with zero attached hydrogens (tertiary/aromatic N) is 4. The van der Waals surface area contributed by atoms with Gasteiger partial charge in [-0.15, -0.1) is 0 Å². The van der Waals surface area contributed by atoms with Crippen LogP contribution in [0.3, 0.4) is 0 Å². The smallest absolute Gasteiger partial charge is 0.379 e. The maximum absolute atomic E-state index is 15.3. The van der Waals surface area contributed by atoms with Crippen LogP contribution < -0.4 is 10.6 Å². The number of halogens is 4. The molecule has 3 aromatic rings. The maximum atomic E-state index is 15.3. The lowest BCUT2D eigenvalue weighted by Gasteiger charge is -2.43. The molecule has 2 unspecified atom stereocenters. The number of rotatable bonds is 7. The Morgan fingerprint density at radius 2 is 1.95 bits per heavy atom. The van der Waals surface area contributed by atoms with E-state index in [-0.39, 0.29) is 47.0 Å². The van der Waals surface area contributed by atoms with Gasteiger partial charge in [-0.1, -0.05) is 24.8 Å². The third kappa shape index (κ3) is 6.13. The molecule has 4 atom stereocenters. The quantitative estimate of drug-likeness (QED) is 0.399. The van der Waals surface area contributed by atoms with Crippen LogP contribution in [-0.2, 0) is 7.05 Å². The fraction of sp³-hybridized carbons (Fsp3) is 0.393. The van der Waals surface area contributed by atoms with E-state index >= 15 is 4.39 Å². The molecule has 1 aliphatic rings. The molecule has 2 aromatic heterocycles. The number of hydrogen-bond donors (Lipinski definition) is 2. The second-order valence-corrected chi connectivity index (χ2v) is 9.95. The lowest BCUT2D eigenvalue weighted by Crippen LogP contribution is -2.55. The molecule has 1 amide bonds. The minimum absolute atomic E-state index is 0.111. The van der Waals surface area contributed by atoms with Crippen molar-refractivity contribution in [2.45, 2.75) is 50.7 Å². The molecule has 0 aliphatic carbocycles. The van der Waals surface area contributed by atoms with Crippen LogP contribution in [0.4, 0.5) is 23.2 Å². The van der Waals surface area contributed by atoms with E-state index in [1.54, 1.807) is 49.7 Å². The van der Waals surface area contributed by atoms with Crippen molar-refractivity contribution >= 4 is 34.0 Å². The van der Waals surface area contributed by atoms with Crippen LogP contribution in [-0.4, -0.2) is 69.6 Å². The minimum Gasteiger partial charge on any atom is -0.379 e. The number of aromatic nitrogens is 3. The Balaban J connectivity index is 1.66. The highest BCUT2D eigenvalue weighted by Crippen LogP contribution is 2.38. The molecule has 7 nitrogen and oxygen atoms in total. The summed E-state index contributed by atoms with van der Waals surface area (Å²) in [6, 6.07) is 7.41. The van der Waals surface area contributed by atoms with Crippen LogP contribution in [0.2, 0.25) is 0 Å². The highest BCUT2D eigenvalue weighted by Gasteiger charge is 2.38. The van der Waals surface area contributed by atoms with Crippen molar-refractivity contribution in [3.05, 3.63) is 66.3 Å². The van der Waals surface area contributed by atoms with Gasteiger partial charge < -0.3 is 10.6 Å². The van der Waals surface area contributed by atoms with E-state index in [1.807, 2.05) is 25.8 Å². The minimum atomic E-state index is -4.69. The second-order valence-electron chi connectivity index (χ2n) is 9.95. The number of nitrogens with one attached hydrogen (secondary N) is 2. The number of pyridine rings is 1. The number of aryl methyl sites for hydroxylation is 1. The summed E-state index contributed by atoms with van der Waals surface area (Å²) < 4.78 is 57.9. The standard InChI is InChI=1S/C28H32F4N6O/c1-16-14-24(25(29)18(3)38(16)5)35-22-10-6-9-20-21(22)15-19(34-26(20)17(2)28(30,31)32)8-7-12-33-27(39)23-11-13-37(4)36-23/h6-11,13,15-16,18,24-25,35H,2,12,14H2,1,3-5H3,(H,33,39)/b8-7+/t16?,18?,24-,25+/m1/s1. The van der Waals surface area contributed by atoms with Crippen molar-refractivity contribution in [2.24, 2.45) is 7.05 Å². The van der Waals surface area contributed by atoms with Crippen molar-refractivity contribution in [1.29, 1.82) is 0 Å². The van der Waals surface area contributed by atoms with E-state index in [0.717, 1.165) is 0 Å². The Hall–Kier alpha value is -3.73. The summed E-state index contributed by atoms with van der Waals surface area (Å²) in [6.07, 6.45) is -0.569. The Kier molecular flexibility index (Phi) is 8.10. The summed E-state index contributed by atoms with van der Waals surface area (Å²) in [6.45, 7) is 7.22. The summed E-state index contributed by atoms with van der Waals surface area (Å²) in [5.41, 5.74) is -0.374. The van der Waals surface area contributed by atoms with Crippen LogP contribution in [0, 0.1) is 0 Å². The zero-order valence-corrected chi connectivity index (χ0v) is 22.3. The number of likely N-dealkylation sites (tertiary alicyclic amines) is 1. The van der Waals surface area contributed by atoms with Crippen LogP contribution in [0.15, 0.2) is 49.2 Å². The molecule has 4 rings (SSSR count). The number of carbonyl (C=O) groups is 1. The fourth-order valence-corrected chi connectivity index (χ4v) is 4.79. The van der Waals surface area contributed by atoms with E-state index in [4.69, 9.17) is 0 Å². The largest absolute Gasteiger partial charge is 0.417 e. The van der Waals surface area contributed by atoms with Gasteiger partial charge in [-0.2, -0.15) is 18.3 Å². The van der Waals surface area contributed by atoms with Crippen molar-refractivity contribution in [3.63, 3.8) is 0 Å². The van der Waals surface area contributed by atoms with Gasteiger partial charge in [0.1, 0.15) is 11.9 Å². The fourth-order valence-electron chi connectivity index (χ4n) is 4.79. The van der Waals surface area contributed by atoms with Gasteiger partial charge >= 0.3 is 6.18 Å². The number of hydrogen-bond acceptors (Lipinski definition) is 5. The Bertz CT molecular complexity index is 1400. The molecule has 0 saturated carbocycles. The van der Waals surface area contributed by atoms with Crippen LogP contribution in [0.5, 0.6) is 0 Å². The summed E-state index contributed by atoms with van der Waals surface area (Å²) in [7, 11) is 3.58. The van der Waals surface area contributed by atoms with Crippen LogP contribution in [0.25, 0.3) is 22.4 Å². The van der Waals surface area contributed by atoms with E-state index in [0.29, 0.717) is 17.5 Å². The van der Waals surface area contributed by atoms with Gasteiger partial charge in [0.2, 0.25) is 0 Å². The maximum Gasteiger partial charge on any atom is 0.417 e. The molecule has 0 radical (unpaired) electrons. The lowest BCUT2D eigenvalue weighted by molar-refractivity contribution is -0.0688. The number of amides is 1. The monoisotopic (exact) mass is 544 g/mol. The predicted octanol–water partition coefficient (Wildman–Crippen LogP) is 5.22. The molecule has 1 aliphatic heterocycles. The summed E-state index contributed by atoms with van der Waals surface area (Å²) >= 11 is 0. The average Bonchev–Trinajstić information content (AvgIpc) is 3.33. The van der Waals surface area contributed by atoms with Gasteiger partial charge in [0.25, 0.3) is 5.91 Å². The number of piperidine rings is 1. The van der Waals surface area contributed by atoms with Crippen molar-refractivity contribution in [2.75, 3.05) is 18.9 Å². The zero-order valence-electron chi connectivity index (χ0n) is 22.3. The van der Waals surface area contributed by atoms with E-state index in [2.05, 4.69) is 27.3 Å². The highest BCUT2D eigenvalue weighted by molar-refractivity contribution is 6.01. The molecular formula is C28H32F4N6O. The first kappa shape index (κ1) is 28.3. The zero-order chi connectivity index (χ0) is 28.5. The summed E-state index contributed by atoms with van der Waals surface area (Å²) in [4.78, 5) is 18.4. The number of benzene rings is 1. The van der Waals surface area contributed by atoms with Gasteiger partial charge in [0.05, 0.1) is 23.0 Å². The third-order valence-electron chi connectivity index (χ3n) is 7.26. The number of alkyl halides is 4.